The maximum absolute atomic E-state index is 5.72. The molecule has 0 saturated carbocycles. The Labute approximate surface area is 121 Å². The van der Waals surface area contributed by atoms with E-state index in [0.717, 1.165) is 38.0 Å². The van der Waals surface area contributed by atoms with Gasteiger partial charge < -0.3 is 10.1 Å². The molecule has 0 aliphatic carbocycles. The van der Waals surface area contributed by atoms with Crippen LogP contribution in [0.5, 0.6) is 5.75 Å². The third-order valence-corrected chi connectivity index (χ3v) is 4.35. The summed E-state index contributed by atoms with van der Waals surface area (Å²) in [6.45, 7) is 10.9. The standard InChI is InChI=1S/C16H25N3O/c1-2-20-16-6-4-3-5-14(16)13-18-7-9-19(10-8-18)15-11-17-12-15/h3-6,15,17H,2,7-13H2,1H3. The number of benzene rings is 1. The Morgan fingerprint density at radius 2 is 1.90 bits per heavy atom. The third kappa shape index (κ3) is 3.14. The predicted molar refractivity (Wildman–Crippen MR) is 81.1 cm³/mol. The number of nitrogens with one attached hydrogen (secondary N) is 1. The van der Waals surface area contributed by atoms with Crippen molar-refractivity contribution in [1.29, 1.82) is 0 Å². The van der Waals surface area contributed by atoms with Crippen molar-refractivity contribution < 1.29 is 4.74 Å². The molecule has 3 rings (SSSR count). The second-order valence-corrected chi connectivity index (χ2v) is 5.66. The van der Waals surface area contributed by atoms with Gasteiger partial charge in [0.25, 0.3) is 0 Å². The zero-order chi connectivity index (χ0) is 13.8. The second-order valence-electron chi connectivity index (χ2n) is 5.66. The summed E-state index contributed by atoms with van der Waals surface area (Å²) in [5.74, 6) is 1.04. The van der Waals surface area contributed by atoms with E-state index in [0.29, 0.717) is 0 Å². The lowest BCUT2D eigenvalue weighted by Crippen LogP contribution is -2.61. The van der Waals surface area contributed by atoms with Crippen molar-refractivity contribution in [2.45, 2.75) is 19.5 Å². The van der Waals surface area contributed by atoms with Gasteiger partial charge in [0.2, 0.25) is 0 Å². The molecule has 2 aliphatic rings. The summed E-state index contributed by atoms with van der Waals surface area (Å²) in [5.41, 5.74) is 1.31. The number of piperazine rings is 1. The highest BCUT2D eigenvalue weighted by Gasteiger charge is 2.27. The van der Waals surface area contributed by atoms with E-state index in [-0.39, 0.29) is 0 Å². The minimum atomic E-state index is 0.736. The topological polar surface area (TPSA) is 27.7 Å². The molecule has 0 amide bonds. The first-order valence-electron chi connectivity index (χ1n) is 7.74. The molecule has 2 fully saturated rings. The van der Waals surface area contributed by atoms with Crippen LogP contribution in [-0.2, 0) is 6.54 Å². The van der Waals surface area contributed by atoms with E-state index in [2.05, 4.69) is 39.4 Å². The summed E-state index contributed by atoms with van der Waals surface area (Å²) in [6.07, 6.45) is 0. The van der Waals surface area contributed by atoms with Crippen molar-refractivity contribution in [3.63, 3.8) is 0 Å². The summed E-state index contributed by atoms with van der Waals surface area (Å²) in [6, 6.07) is 9.21. The van der Waals surface area contributed by atoms with E-state index in [4.69, 9.17) is 4.74 Å². The molecule has 1 N–H and O–H groups in total. The van der Waals surface area contributed by atoms with Crippen LogP contribution in [-0.4, -0.2) is 61.7 Å². The Hall–Kier alpha value is -1.10. The third-order valence-electron chi connectivity index (χ3n) is 4.35. The summed E-state index contributed by atoms with van der Waals surface area (Å²) < 4.78 is 5.72. The summed E-state index contributed by atoms with van der Waals surface area (Å²) in [4.78, 5) is 5.17. The Bertz CT molecular complexity index is 425. The summed E-state index contributed by atoms with van der Waals surface area (Å²) >= 11 is 0. The molecule has 4 heteroatoms. The van der Waals surface area contributed by atoms with Crippen molar-refractivity contribution in [3.8, 4) is 5.75 Å². The lowest BCUT2D eigenvalue weighted by Gasteiger charge is -2.43. The molecule has 0 aromatic heterocycles. The van der Waals surface area contributed by atoms with Crippen LogP contribution < -0.4 is 10.1 Å². The molecule has 0 atom stereocenters. The Morgan fingerprint density at radius 1 is 1.15 bits per heavy atom. The lowest BCUT2D eigenvalue weighted by molar-refractivity contribution is 0.0691. The lowest BCUT2D eigenvalue weighted by atomic mass is 10.1. The van der Waals surface area contributed by atoms with Crippen LogP contribution >= 0.6 is 0 Å². The van der Waals surface area contributed by atoms with Gasteiger partial charge in [-0.1, -0.05) is 18.2 Å². The number of hydrogen-bond donors (Lipinski definition) is 1. The van der Waals surface area contributed by atoms with E-state index < -0.39 is 0 Å². The number of nitrogens with zero attached hydrogens (tertiary/aromatic N) is 2. The fourth-order valence-corrected chi connectivity index (χ4v) is 2.99. The number of ether oxygens (including phenoxy) is 1. The van der Waals surface area contributed by atoms with Gasteiger partial charge in [0.05, 0.1) is 6.61 Å². The van der Waals surface area contributed by atoms with Crippen LogP contribution in [0.4, 0.5) is 0 Å². The highest BCUT2D eigenvalue weighted by atomic mass is 16.5. The Morgan fingerprint density at radius 3 is 2.55 bits per heavy atom. The van der Waals surface area contributed by atoms with Crippen molar-refractivity contribution >= 4 is 0 Å². The van der Waals surface area contributed by atoms with E-state index in [9.17, 15) is 0 Å². The average molecular weight is 275 g/mol. The van der Waals surface area contributed by atoms with Crippen LogP contribution in [0.2, 0.25) is 0 Å². The molecule has 2 saturated heterocycles. The quantitative estimate of drug-likeness (QED) is 0.873. The van der Waals surface area contributed by atoms with Crippen LogP contribution in [0.25, 0.3) is 0 Å². The van der Waals surface area contributed by atoms with Crippen LogP contribution in [0.1, 0.15) is 12.5 Å². The maximum atomic E-state index is 5.72. The van der Waals surface area contributed by atoms with Gasteiger partial charge in [-0.3, -0.25) is 9.80 Å². The molecule has 2 heterocycles. The van der Waals surface area contributed by atoms with Crippen molar-refractivity contribution in [1.82, 2.24) is 15.1 Å². The normalized spacial score (nSPS) is 21.6. The van der Waals surface area contributed by atoms with E-state index in [1.54, 1.807) is 0 Å². The zero-order valence-electron chi connectivity index (χ0n) is 12.3. The van der Waals surface area contributed by atoms with Gasteiger partial charge in [-0.05, 0) is 13.0 Å². The minimum Gasteiger partial charge on any atom is -0.494 e. The van der Waals surface area contributed by atoms with Crippen molar-refractivity contribution in [2.75, 3.05) is 45.9 Å². The molecule has 0 bridgehead atoms. The molecule has 0 radical (unpaired) electrons. The molecule has 0 unspecified atom stereocenters. The molecular weight excluding hydrogens is 250 g/mol. The van der Waals surface area contributed by atoms with E-state index >= 15 is 0 Å². The first-order valence-corrected chi connectivity index (χ1v) is 7.74. The Kier molecular flexibility index (Phi) is 4.55. The van der Waals surface area contributed by atoms with Gasteiger partial charge in [0, 0.05) is 57.4 Å². The fourth-order valence-electron chi connectivity index (χ4n) is 2.99. The summed E-state index contributed by atoms with van der Waals surface area (Å²) in [7, 11) is 0. The smallest absolute Gasteiger partial charge is 0.123 e. The van der Waals surface area contributed by atoms with Gasteiger partial charge in [-0.15, -0.1) is 0 Å². The molecule has 1 aromatic rings. The molecular formula is C16H25N3O. The first-order chi connectivity index (χ1) is 9.86. The van der Waals surface area contributed by atoms with Gasteiger partial charge in [-0.2, -0.15) is 0 Å². The monoisotopic (exact) mass is 275 g/mol. The molecule has 20 heavy (non-hydrogen) atoms. The van der Waals surface area contributed by atoms with Crippen molar-refractivity contribution in [3.05, 3.63) is 29.8 Å². The van der Waals surface area contributed by atoms with Crippen LogP contribution in [0.3, 0.4) is 0 Å². The van der Waals surface area contributed by atoms with Crippen LogP contribution in [0, 0.1) is 0 Å². The van der Waals surface area contributed by atoms with Crippen molar-refractivity contribution in [2.24, 2.45) is 0 Å². The second kappa shape index (κ2) is 6.57. The highest BCUT2D eigenvalue weighted by molar-refractivity contribution is 5.33. The van der Waals surface area contributed by atoms with E-state index in [1.807, 2.05) is 6.92 Å². The minimum absolute atomic E-state index is 0.736. The SMILES string of the molecule is CCOc1ccccc1CN1CCN(C2CNC2)CC1. The highest BCUT2D eigenvalue weighted by Crippen LogP contribution is 2.21. The predicted octanol–water partition coefficient (Wildman–Crippen LogP) is 1.17. The zero-order valence-corrected chi connectivity index (χ0v) is 12.3. The average Bonchev–Trinajstić information content (AvgIpc) is 2.41. The van der Waals surface area contributed by atoms with Crippen LogP contribution in [0.15, 0.2) is 24.3 Å². The fraction of sp³-hybridized carbons (Fsp3) is 0.625. The maximum Gasteiger partial charge on any atom is 0.123 e. The number of hydrogen-bond acceptors (Lipinski definition) is 4. The number of para-hydroxylation sites is 1. The van der Waals surface area contributed by atoms with Gasteiger partial charge >= 0.3 is 0 Å². The molecule has 1 aromatic carbocycles. The molecule has 0 spiro atoms. The van der Waals surface area contributed by atoms with Gasteiger partial charge in [-0.25, -0.2) is 0 Å². The molecule has 4 nitrogen and oxygen atoms in total. The first kappa shape index (κ1) is 13.9. The summed E-state index contributed by atoms with van der Waals surface area (Å²) in [5, 5.41) is 3.36. The molecule has 110 valence electrons. The largest absolute Gasteiger partial charge is 0.494 e. The van der Waals surface area contributed by atoms with E-state index in [1.165, 1.54) is 31.7 Å². The van der Waals surface area contributed by atoms with Gasteiger partial charge in [0.15, 0.2) is 0 Å². The van der Waals surface area contributed by atoms with Gasteiger partial charge in [0.1, 0.15) is 5.75 Å². The Balaban J connectivity index is 1.54. The molecule has 2 aliphatic heterocycles. The number of rotatable bonds is 5.